The van der Waals surface area contributed by atoms with Gasteiger partial charge in [-0.05, 0) is 37.6 Å². The quantitative estimate of drug-likeness (QED) is 0.516. The molecule has 0 spiro atoms. The van der Waals surface area contributed by atoms with E-state index in [0.717, 1.165) is 32.2 Å². The van der Waals surface area contributed by atoms with Gasteiger partial charge in [-0.2, -0.15) is 0 Å². The van der Waals surface area contributed by atoms with Gasteiger partial charge in [-0.3, -0.25) is 0 Å². The van der Waals surface area contributed by atoms with E-state index in [2.05, 4.69) is 31.3 Å². The summed E-state index contributed by atoms with van der Waals surface area (Å²) >= 11 is 0. The molecule has 0 fully saturated rings. The molecule has 0 bridgehead atoms. The summed E-state index contributed by atoms with van der Waals surface area (Å²) in [6, 6.07) is 0. The lowest BCUT2D eigenvalue weighted by molar-refractivity contribution is 0.111. The third-order valence-corrected chi connectivity index (χ3v) is 2.69. The average molecular weight is 211 g/mol. The second kappa shape index (κ2) is 7.89. The third-order valence-electron chi connectivity index (χ3n) is 2.69. The molecule has 0 saturated carbocycles. The van der Waals surface area contributed by atoms with Gasteiger partial charge in [0.2, 0.25) is 0 Å². The maximum Gasteiger partial charge on any atom is 0.0591 e. The number of hydrogen-bond donors (Lipinski definition) is 1. The lowest BCUT2D eigenvalue weighted by Gasteiger charge is -2.18. The van der Waals surface area contributed by atoms with Crippen LogP contribution in [-0.2, 0) is 4.74 Å². The minimum Gasteiger partial charge on any atom is -0.380 e. The Bertz CT molecular complexity index is 177. The summed E-state index contributed by atoms with van der Waals surface area (Å²) in [4.78, 5) is 0. The number of allylic oxidation sites excluding steroid dienone is 2. The van der Waals surface area contributed by atoms with Crippen molar-refractivity contribution in [1.82, 2.24) is 5.32 Å². The van der Waals surface area contributed by atoms with Gasteiger partial charge in [0.15, 0.2) is 0 Å². The highest BCUT2D eigenvalue weighted by Gasteiger charge is 2.08. The summed E-state index contributed by atoms with van der Waals surface area (Å²) in [5.41, 5.74) is 0. The fourth-order valence-electron chi connectivity index (χ4n) is 1.81. The maximum absolute atomic E-state index is 5.51. The highest BCUT2D eigenvalue weighted by atomic mass is 16.5. The van der Waals surface area contributed by atoms with E-state index in [0.29, 0.717) is 5.92 Å². The summed E-state index contributed by atoms with van der Waals surface area (Å²) in [5, 5.41) is 3.47. The average Bonchev–Trinajstić information content (AvgIpc) is 2.24. The summed E-state index contributed by atoms with van der Waals surface area (Å²) in [5.74, 6) is 1.49. The molecular formula is C13H25NO. The summed E-state index contributed by atoms with van der Waals surface area (Å²) in [6.45, 7) is 8.24. The smallest absolute Gasteiger partial charge is 0.0591 e. The van der Waals surface area contributed by atoms with Crippen LogP contribution in [-0.4, -0.2) is 26.3 Å². The van der Waals surface area contributed by atoms with Gasteiger partial charge in [-0.15, -0.1) is 0 Å². The molecule has 0 amide bonds. The SMILES string of the molecule is CC(C)COCCNCC1CC=CCC1. The van der Waals surface area contributed by atoms with E-state index in [-0.39, 0.29) is 0 Å². The molecule has 0 aromatic rings. The van der Waals surface area contributed by atoms with E-state index < -0.39 is 0 Å². The van der Waals surface area contributed by atoms with E-state index in [9.17, 15) is 0 Å². The third kappa shape index (κ3) is 6.69. The van der Waals surface area contributed by atoms with Gasteiger partial charge in [-0.25, -0.2) is 0 Å². The van der Waals surface area contributed by atoms with E-state index >= 15 is 0 Å². The first-order chi connectivity index (χ1) is 7.29. The highest BCUT2D eigenvalue weighted by Crippen LogP contribution is 2.16. The van der Waals surface area contributed by atoms with Gasteiger partial charge in [0.25, 0.3) is 0 Å². The van der Waals surface area contributed by atoms with Crippen molar-refractivity contribution in [3.63, 3.8) is 0 Å². The molecule has 1 unspecified atom stereocenters. The second-order valence-electron chi connectivity index (χ2n) is 4.82. The van der Waals surface area contributed by atoms with E-state index in [1.165, 1.54) is 19.3 Å². The highest BCUT2D eigenvalue weighted by molar-refractivity contribution is 4.90. The van der Waals surface area contributed by atoms with Crippen molar-refractivity contribution in [3.05, 3.63) is 12.2 Å². The van der Waals surface area contributed by atoms with Gasteiger partial charge >= 0.3 is 0 Å². The van der Waals surface area contributed by atoms with Crippen molar-refractivity contribution in [2.75, 3.05) is 26.3 Å². The van der Waals surface area contributed by atoms with Gasteiger partial charge < -0.3 is 10.1 Å². The Hall–Kier alpha value is -0.340. The predicted octanol–water partition coefficient (Wildman–Crippen LogP) is 2.60. The number of rotatable bonds is 7. The van der Waals surface area contributed by atoms with Crippen LogP contribution in [0.3, 0.4) is 0 Å². The van der Waals surface area contributed by atoms with Gasteiger partial charge in [0.1, 0.15) is 0 Å². The molecule has 0 saturated heterocycles. The summed E-state index contributed by atoms with van der Waals surface area (Å²) in [7, 11) is 0. The molecule has 0 aliphatic heterocycles. The largest absolute Gasteiger partial charge is 0.380 e. The van der Waals surface area contributed by atoms with Crippen molar-refractivity contribution in [1.29, 1.82) is 0 Å². The lowest BCUT2D eigenvalue weighted by Crippen LogP contribution is -2.27. The molecule has 15 heavy (non-hydrogen) atoms. The Labute approximate surface area is 94.1 Å². The van der Waals surface area contributed by atoms with Crippen LogP contribution in [0.4, 0.5) is 0 Å². The van der Waals surface area contributed by atoms with Gasteiger partial charge in [-0.1, -0.05) is 26.0 Å². The zero-order valence-electron chi connectivity index (χ0n) is 10.2. The number of hydrogen-bond acceptors (Lipinski definition) is 2. The van der Waals surface area contributed by atoms with E-state index in [4.69, 9.17) is 4.74 Å². The first-order valence-electron chi connectivity index (χ1n) is 6.22. The molecule has 1 N–H and O–H groups in total. The van der Waals surface area contributed by atoms with Crippen molar-refractivity contribution in [2.24, 2.45) is 11.8 Å². The topological polar surface area (TPSA) is 21.3 Å². The molecule has 0 heterocycles. The monoisotopic (exact) mass is 211 g/mol. The lowest BCUT2D eigenvalue weighted by atomic mass is 9.94. The molecule has 0 aromatic heterocycles. The fraction of sp³-hybridized carbons (Fsp3) is 0.846. The zero-order chi connectivity index (χ0) is 10.9. The number of ether oxygens (including phenoxy) is 1. The van der Waals surface area contributed by atoms with Crippen LogP contribution in [0.5, 0.6) is 0 Å². The summed E-state index contributed by atoms with van der Waals surface area (Å²) < 4.78 is 5.51. The molecule has 0 aromatic carbocycles. The normalized spacial score (nSPS) is 21.1. The molecule has 1 rings (SSSR count). The van der Waals surface area contributed by atoms with Crippen LogP contribution < -0.4 is 5.32 Å². The van der Waals surface area contributed by atoms with Crippen LogP contribution >= 0.6 is 0 Å². The van der Waals surface area contributed by atoms with Crippen LogP contribution in [0.2, 0.25) is 0 Å². The molecule has 1 aliphatic carbocycles. The minimum atomic E-state index is 0.647. The first-order valence-corrected chi connectivity index (χ1v) is 6.22. The molecule has 2 heteroatoms. The van der Waals surface area contributed by atoms with Crippen molar-refractivity contribution in [3.8, 4) is 0 Å². The molecule has 1 aliphatic rings. The minimum absolute atomic E-state index is 0.647. The zero-order valence-corrected chi connectivity index (χ0v) is 10.2. The molecule has 1 atom stereocenters. The second-order valence-corrected chi connectivity index (χ2v) is 4.82. The standard InChI is InChI=1S/C13H25NO/c1-12(2)11-15-9-8-14-10-13-6-4-3-5-7-13/h3-4,12-14H,5-11H2,1-2H3. The predicted molar refractivity (Wildman–Crippen MR) is 65.0 cm³/mol. The van der Waals surface area contributed by atoms with Crippen molar-refractivity contribution < 1.29 is 4.74 Å². The Kier molecular flexibility index (Phi) is 6.69. The Morgan fingerprint density at radius 1 is 1.40 bits per heavy atom. The van der Waals surface area contributed by atoms with Crippen molar-refractivity contribution in [2.45, 2.75) is 33.1 Å². The molecule has 88 valence electrons. The molecular weight excluding hydrogens is 186 g/mol. The Balaban J connectivity index is 1.86. The van der Waals surface area contributed by atoms with Gasteiger partial charge in [0, 0.05) is 13.2 Å². The van der Waals surface area contributed by atoms with Gasteiger partial charge in [0.05, 0.1) is 6.61 Å². The Morgan fingerprint density at radius 3 is 2.93 bits per heavy atom. The van der Waals surface area contributed by atoms with Crippen molar-refractivity contribution >= 4 is 0 Å². The van der Waals surface area contributed by atoms with Crippen LogP contribution in [0.25, 0.3) is 0 Å². The van der Waals surface area contributed by atoms with Crippen LogP contribution in [0, 0.1) is 11.8 Å². The van der Waals surface area contributed by atoms with E-state index in [1.54, 1.807) is 0 Å². The maximum atomic E-state index is 5.51. The molecule has 0 radical (unpaired) electrons. The fourth-order valence-corrected chi connectivity index (χ4v) is 1.81. The number of nitrogens with one attached hydrogen (secondary N) is 1. The van der Waals surface area contributed by atoms with Crippen LogP contribution in [0.15, 0.2) is 12.2 Å². The summed E-state index contributed by atoms with van der Waals surface area (Å²) in [6.07, 6.45) is 8.46. The first kappa shape index (κ1) is 12.7. The Morgan fingerprint density at radius 2 is 2.27 bits per heavy atom. The van der Waals surface area contributed by atoms with Crippen LogP contribution in [0.1, 0.15) is 33.1 Å². The molecule has 2 nitrogen and oxygen atoms in total. The van der Waals surface area contributed by atoms with E-state index in [1.807, 2.05) is 0 Å².